The van der Waals surface area contributed by atoms with Gasteiger partial charge in [0.05, 0.1) is 12.5 Å². The van der Waals surface area contributed by atoms with E-state index in [-0.39, 0.29) is 5.91 Å². The smallest absolute Gasteiger partial charge is 0.276 e. The van der Waals surface area contributed by atoms with Gasteiger partial charge in [0.25, 0.3) is 5.91 Å². The van der Waals surface area contributed by atoms with Crippen LogP contribution in [0.2, 0.25) is 0 Å². The van der Waals surface area contributed by atoms with E-state index in [9.17, 15) is 4.79 Å². The molecule has 0 aromatic heterocycles. The number of hydrazone groups is 1. The van der Waals surface area contributed by atoms with Gasteiger partial charge < -0.3 is 4.74 Å². The number of fused-ring (bicyclic) bond motifs is 3. The highest BCUT2D eigenvalue weighted by molar-refractivity contribution is 8.13. The van der Waals surface area contributed by atoms with E-state index in [4.69, 9.17) is 14.8 Å². The highest BCUT2D eigenvalue weighted by Crippen LogP contribution is 2.40. The summed E-state index contributed by atoms with van der Waals surface area (Å²) in [6.45, 7) is 2.18. The summed E-state index contributed by atoms with van der Waals surface area (Å²) in [7, 11) is 1.66. The Bertz CT molecular complexity index is 1370. The molecule has 3 aromatic carbocycles. The number of carbonyl (C=O) groups excluding carboxylic acids is 1. The Morgan fingerprint density at radius 3 is 2.73 bits per heavy atom. The highest BCUT2D eigenvalue weighted by atomic mass is 32.2. The SMILES string of the molecule is CCCCCSC1=NN2C(=c3ccccc3=N[C@H]2c2c(OC)ccc3ccccc23)C(=O)N1. The number of para-hydroxylation sites is 1. The summed E-state index contributed by atoms with van der Waals surface area (Å²) in [6, 6.07) is 19.9. The van der Waals surface area contributed by atoms with Crippen molar-refractivity contribution in [3.63, 3.8) is 0 Å². The van der Waals surface area contributed by atoms with Gasteiger partial charge in [0.2, 0.25) is 0 Å². The Morgan fingerprint density at radius 1 is 1.06 bits per heavy atom. The van der Waals surface area contributed by atoms with E-state index in [0.29, 0.717) is 10.9 Å². The van der Waals surface area contributed by atoms with Crippen molar-refractivity contribution >= 4 is 39.3 Å². The summed E-state index contributed by atoms with van der Waals surface area (Å²) in [4.78, 5) is 18.4. The van der Waals surface area contributed by atoms with Gasteiger partial charge in [-0.05, 0) is 29.3 Å². The molecule has 0 bridgehead atoms. The summed E-state index contributed by atoms with van der Waals surface area (Å²) in [5.41, 5.74) is 1.41. The summed E-state index contributed by atoms with van der Waals surface area (Å²) < 4.78 is 5.77. The van der Waals surface area contributed by atoms with Crippen LogP contribution in [-0.2, 0) is 4.79 Å². The molecule has 1 N–H and O–H groups in total. The Morgan fingerprint density at radius 2 is 1.88 bits per heavy atom. The Labute approximate surface area is 197 Å². The zero-order valence-corrected chi connectivity index (χ0v) is 19.6. The fraction of sp³-hybridized carbons (Fsp3) is 0.269. The number of amidine groups is 1. The molecule has 1 amide bonds. The molecule has 2 heterocycles. The molecule has 2 aliphatic rings. The molecule has 0 radical (unpaired) electrons. The first-order valence-electron chi connectivity index (χ1n) is 11.3. The fourth-order valence-electron chi connectivity index (χ4n) is 4.32. The predicted octanol–water partition coefficient (Wildman–Crippen LogP) is 3.91. The second kappa shape index (κ2) is 9.27. The van der Waals surface area contributed by atoms with Crippen LogP contribution in [0.25, 0.3) is 16.5 Å². The third-order valence-corrected chi connectivity index (χ3v) is 6.86. The second-order valence-corrected chi connectivity index (χ2v) is 9.11. The van der Waals surface area contributed by atoms with Crippen LogP contribution in [0.15, 0.2) is 70.8 Å². The van der Waals surface area contributed by atoms with Crippen molar-refractivity contribution in [2.24, 2.45) is 10.1 Å². The molecule has 3 aromatic rings. The minimum absolute atomic E-state index is 0.158. The van der Waals surface area contributed by atoms with E-state index in [0.717, 1.165) is 57.7 Å². The van der Waals surface area contributed by atoms with Crippen LogP contribution in [-0.4, -0.2) is 28.9 Å². The summed E-state index contributed by atoms with van der Waals surface area (Å²) in [6.07, 6.45) is 2.88. The molecule has 6 nitrogen and oxygen atoms in total. The number of hydrogen-bond acceptors (Lipinski definition) is 6. The van der Waals surface area contributed by atoms with Gasteiger partial charge in [-0.25, -0.2) is 5.01 Å². The predicted molar refractivity (Wildman–Crippen MR) is 133 cm³/mol. The monoisotopic (exact) mass is 458 g/mol. The number of ether oxygens (including phenoxy) is 1. The largest absolute Gasteiger partial charge is 0.496 e. The molecule has 0 spiro atoms. The molecular weight excluding hydrogens is 432 g/mol. The number of methoxy groups -OCH3 is 1. The van der Waals surface area contributed by atoms with Crippen LogP contribution in [0.5, 0.6) is 5.75 Å². The lowest BCUT2D eigenvalue weighted by molar-refractivity contribution is -0.116. The second-order valence-electron chi connectivity index (χ2n) is 8.03. The van der Waals surface area contributed by atoms with Gasteiger partial charge in [-0.2, -0.15) is 0 Å². The maximum atomic E-state index is 13.3. The molecule has 7 heteroatoms. The van der Waals surface area contributed by atoms with Crippen molar-refractivity contribution < 1.29 is 9.53 Å². The van der Waals surface area contributed by atoms with Crippen LogP contribution in [0.3, 0.4) is 0 Å². The molecule has 168 valence electrons. The standard InChI is InChI=1S/C26H26N4O2S/c1-3-4-9-16-33-26-28-25(31)23-19-12-7-8-13-20(19)27-24(30(23)29-26)22-18-11-6-5-10-17(18)14-15-21(22)32-2/h5-8,10-15,24H,3-4,9,16H2,1-2H3,(H,28,29,31)/t24-/m1/s1. The number of amides is 1. The van der Waals surface area contributed by atoms with Crippen molar-refractivity contribution in [1.82, 2.24) is 10.3 Å². The van der Waals surface area contributed by atoms with Crippen LogP contribution in [0.4, 0.5) is 0 Å². The van der Waals surface area contributed by atoms with Gasteiger partial charge in [-0.1, -0.05) is 80.1 Å². The van der Waals surface area contributed by atoms with Crippen LogP contribution in [0, 0.1) is 0 Å². The van der Waals surface area contributed by atoms with Crippen molar-refractivity contribution in [3.8, 4) is 5.75 Å². The lowest BCUT2D eigenvalue weighted by Gasteiger charge is -2.35. The molecule has 5 rings (SSSR count). The van der Waals surface area contributed by atoms with Crippen molar-refractivity contribution in [2.45, 2.75) is 32.4 Å². The molecule has 0 saturated heterocycles. The van der Waals surface area contributed by atoms with E-state index in [2.05, 4.69) is 24.4 Å². The van der Waals surface area contributed by atoms with Gasteiger partial charge in [0.1, 0.15) is 11.4 Å². The summed E-state index contributed by atoms with van der Waals surface area (Å²) in [5, 5.41) is 13.9. The molecule has 0 unspecified atom stereocenters. The molecule has 1 atom stereocenters. The maximum Gasteiger partial charge on any atom is 0.276 e. The average Bonchev–Trinajstić information content (AvgIpc) is 2.85. The number of unbranched alkanes of at least 4 members (excludes halogenated alkanes) is 2. The van der Waals surface area contributed by atoms with Gasteiger partial charge >= 0.3 is 0 Å². The Balaban J connectivity index is 1.69. The Hall–Kier alpha value is -3.32. The van der Waals surface area contributed by atoms with Crippen molar-refractivity contribution in [1.29, 1.82) is 0 Å². The van der Waals surface area contributed by atoms with E-state index in [1.165, 1.54) is 0 Å². The normalized spacial score (nSPS) is 17.1. The molecule has 0 fully saturated rings. The highest BCUT2D eigenvalue weighted by Gasteiger charge is 2.36. The van der Waals surface area contributed by atoms with E-state index in [1.54, 1.807) is 23.9 Å². The van der Waals surface area contributed by atoms with Crippen molar-refractivity contribution in [2.75, 3.05) is 12.9 Å². The average molecular weight is 459 g/mol. The third-order valence-electron chi connectivity index (χ3n) is 5.91. The van der Waals surface area contributed by atoms with Crippen LogP contribution in [0.1, 0.15) is 37.9 Å². The van der Waals surface area contributed by atoms with Gasteiger partial charge in [0, 0.05) is 16.5 Å². The van der Waals surface area contributed by atoms with Crippen molar-refractivity contribution in [3.05, 3.63) is 76.8 Å². The zero-order valence-electron chi connectivity index (χ0n) is 18.7. The fourth-order valence-corrected chi connectivity index (χ4v) is 5.17. The zero-order chi connectivity index (χ0) is 22.8. The number of benzene rings is 3. The molecule has 0 saturated carbocycles. The third kappa shape index (κ3) is 3.97. The number of rotatable bonds is 6. The van der Waals surface area contributed by atoms with Gasteiger partial charge in [-0.3, -0.25) is 15.1 Å². The van der Waals surface area contributed by atoms with Crippen LogP contribution >= 0.6 is 11.8 Å². The number of carbonyl (C=O) groups is 1. The number of nitrogens with one attached hydrogen (secondary N) is 1. The number of nitrogens with zero attached hydrogens (tertiary/aromatic N) is 3. The summed E-state index contributed by atoms with van der Waals surface area (Å²) in [5.74, 6) is 1.47. The Kier molecular flexibility index (Phi) is 6.05. The van der Waals surface area contributed by atoms with E-state index in [1.807, 2.05) is 48.5 Å². The molecular formula is C26H26N4O2S. The van der Waals surface area contributed by atoms with Gasteiger partial charge in [-0.15, -0.1) is 5.10 Å². The minimum Gasteiger partial charge on any atom is -0.496 e. The maximum absolute atomic E-state index is 13.3. The molecule has 2 aliphatic heterocycles. The quantitative estimate of drug-likeness (QED) is 0.569. The lowest BCUT2D eigenvalue weighted by atomic mass is 9.99. The first kappa shape index (κ1) is 21.5. The summed E-state index contributed by atoms with van der Waals surface area (Å²) >= 11 is 1.58. The van der Waals surface area contributed by atoms with Crippen LogP contribution < -0.4 is 20.6 Å². The topological polar surface area (TPSA) is 66.3 Å². The first-order valence-corrected chi connectivity index (χ1v) is 12.2. The van der Waals surface area contributed by atoms with Gasteiger partial charge in [0.15, 0.2) is 11.3 Å². The minimum atomic E-state index is -0.520. The lowest BCUT2D eigenvalue weighted by Crippen LogP contribution is -2.50. The van der Waals surface area contributed by atoms with E-state index >= 15 is 0 Å². The first-order chi connectivity index (χ1) is 16.2. The number of thioether (sulfide) groups is 1. The van der Waals surface area contributed by atoms with E-state index < -0.39 is 6.17 Å². The molecule has 33 heavy (non-hydrogen) atoms. The molecule has 0 aliphatic carbocycles. The number of hydrogen-bond donors (Lipinski definition) is 1.